The van der Waals surface area contributed by atoms with E-state index < -0.39 is 37.3 Å². The molecule has 30 heavy (non-hydrogen) atoms. The molecule has 1 fully saturated rings. The van der Waals surface area contributed by atoms with Gasteiger partial charge in [-0.25, -0.2) is 0 Å². The number of aliphatic hydroxyl groups is 4. The summed E-state index contributed by atoms with van der Waals surface area (Å²) >= 11 is 3.36. The summed E-state index contributed by atoms with van der Waals surface area (Å²) in [5.41, 5.74) is 1.19. The summed E-state index contributed by atoms with van der Waals surface area (Å²) < 4.78 is 17.4. The van der Waals surface area contributed by atoms with Crippen molar-refractivity contribution in [3.8, 4) is 16.9 Å². The lowest BCUT2D eigenvalue weighted by Crippen LogP contribution is -2.60. The van der Waals surface area contributed by atoms with E-state index in [1.54, 1.807) is 12.1 Å². The van der Waals surface area contributed by atoms with Crippen LogP contribution in [-0.4, -0.2) is 57.7 Å². The molecule has 4 rings (SSSR count). The zero-order valence-electron chi connectivity index (χ0n) is 15.5. The summed E-state index contributed by atoms with van der Waals surface area (Å²) in [6, 6.07) is 11.8. The summed E-state index contributed by atoms with van der Waals surface area (Å²) in [7, 11) is 0. The van der Waals surface area contributed by atoms with Crippen LogP contribution in [0.2, 0.25) is 0 Å². The van der Waals surface area contributed by atoms with E-state index in [-0.39, 0.29) is 16.8 Å². The third-order valence-corrected chi connectivity index (χ3v) is 5.53. The Balaban J connectivity index is 1.62. The number of aliphatic hydroxyl groups excluding tert-OH is 4. The highest BCUT2D eigenvalue weighted by Gasteiger charge is 2.44. The van der Waals surface area contributed by atoms with Crippen LogP contribution in [0.4, 0.5) is 0 Å². The van der Waals surface area contributed by atoms with Crippen LogP contribution in [0.25, 0.3) is 22.1 Å². The summed E-state index contributed by atoms with van der Waals surface area (Å²) in [5.74, 6) is 0.214. The van der Waals surface area contributed by atoms with Gasteiger partial charge in [-0.05, 0) is 29.8 Å². The Morgan fingerprint density at radius 2 is 1.73 bits per heavy atom. The Morgan fingerprint density at radius 1 is 1.00 bits per heavy atom. The average molecular weight is 479 g/mol. The molecule has 5 atom stereocenters. The van der Waals surface area contributed by atoms with Crippen molar-refractivity contribution in [1.82, 2.24) is 0 Å². The van der Waals surface area contributed by atoms with E-state index in [1.807, 2.05) is 12.1 Å². The molecule has 1 aliphatic heterocycles. The monoisotopic (exact) mass is 478 g/mol. The van der Waals surface area contributed by atoms with E-state index in [9.17, 15) is 25.2 Å². The first-order valence-corrected chi connectivity index (χ1v) is 9.97. The lowest BCUT2D eigenvalue weighted by Gasteiger charge is -2.39. The minimum absolute atomic E-state index is 0.210. The molecule has 0 saturated carbocycles. The second-order valence-corrected chi connectivity index (χ2v) is 7.87. The van der Waals surface area contributed by atoms with Crippen molar-refractivity contribution in [1.29, 1.82) is 0 Å². The number of hydrogen-bond acceptors (Lipinski definition) is 8. The van der Waals surface area contributed by atoms with Gasteiger partial charge in [-0.15, -0.1) is 0 Å². The molecule has 3 aromatic rings. The van der Waals surface area contributed by atoms with E-state index in [0.717, 1.165) is 10.0 Å². The fourth-order valence-corrected chi connectivity index (χ4v) is 3.57. The molecule has 0 aliphatic carbocycles. The second kappa shape index (κ2) is 8.46. The first kappa shape index (κ1) is 21.0. The summed E-state index contributed by atoms with van der Waals surface area (Å²) in [4.78, 5) is 12.9. The third kappa shape index (κ3) is 3.87. The third-order valence-electron chi connectivity index (χ3n) is 5.00. The van der Waals surface area contributed by atoms with Gasteiger partial charge in [-0.1, -0.05) is 28.1 Å². The molecular formula is C21H19BrO8. The smallest absolute Gasteiger partial charge is 0.229 e. The Kier molecular flexibility index (Phi) is 5.92. The first-order chi connectivity index (χ1) is 14.4. The molecule has 1 aliphatic rings. The molecule has 0 bridgehead atoms. The predicted octanol–water partition coefficient (Wildman–Crippen LogP) is 1.40. The van der Waals surface area contributed by atoms with Crippen molar-refractivity contribution < 1.29 is 34.3 Å². The fraction of sp³-hybridized carbons (Fsp3) is 0.286. The standard InChI is InChI=1S/C21H19BrO8/c22-11-3-1-10(2-4-11)14-9-28-15-7-12(5-6-13(15)17(14)24)29-21-20(27)19(26)18(25)16(8-23)30-21/h1-7,9,16,18-21,23,25-27H,8H2/t16-,18-,19+,20-,21-/m0/s1. The minimum Gasteiger partial charge on any atom is -0.463 e. The first-order valence-electron chi connectivity index (χ1n) is 9.17. The van der Waals surface area contributed by atoms with Gasteiger partial charge in [0.15, 0.2) is 5.43 Å². The Bertz CT molecular complexity index is 1090. The number of benzene rings is 2. The maximum absolute atomic E-state index is 12.9. The Hall–Kier alpha value is -2.27. The highest BCUT2D eigenvalue weighted by molar-refractivity contribution is 9.10. The van der Waals surface area contributed by atoms with Crippen LogP contribution < -0.4 is 10.2 Å². The van der Waals surface area contributed by atoms with Crippen LogP contribution in [0.5, 0.6) is 5.75 Å². The van der Waals surface area contributed by atoms with Crippen LogP contribution in [0.3, 0.4) is 0 Å². The summed E-state index contributed by atoms with van der Waals surface area (Å²) in [6.07, 6.45) is -5.60. The van der Waals surface area contributed by atoms with Crippen molar-refractivity contribution in [2.45, 2.75) is 30.7 Å². The van der Waals surface area contributed by atoms with Gasteiger partial charge < -0.3 is 34.3 Å². The van der Waals surface area contributed by atoms with Gasteiger partial charge in [0.2, 0.25) is 6.29 Å². The molecule has 4 N–H and O–H groups in total. The molecular weight excluding hydrogens is 460 g/mol. The number of fused-ring (bicyclic) bond motifs is 1. The SMILES string of the molecule is O=c1c(-c2ccc(Br)cc2)coc2cc(O[C@H]3O[C@@H](CO)[C@H](O)[C@@H](O)[C@@H]3O)ccc12. The number of ether oxygens (including phenoxy) is 2. The minimum atomic E-state index is -1.55. The zero-order chi connectivity index (χ0) is 21.4. The number of rotatable bonds is 4. The highest BCUT2D eigenvalue weighted by atomic mass is 79.9. The number of hydrogen-bond donors (Lipinski definition) is 4. The van der Waals surface area contributed by atoms with Crippen molar-refractivity contribution in [3.05, 3.63) is 63.4 Å². The van der Waals surface area contributed by atoms with Crippen LogP contribution in [0.15, 0.2) is 62.4 Å². The second-order valence-electron chi connectivity index (χ2n) is 6.96. The Morgan fingerprint density at radius 3 is 2.43 bits per heavy atom. The largest absolute Gasteiger partial charge is 0.463 e. The van der Waals surface area contributed by atoms with Crippen molar-refractivity contribution in [3.63, 3.8) is 0 Å². The van der Waals surface area contributed by atoms with E-state index in [0.29, 0.717) is 10.9 Å². The van der Waals surface area contributed by atoms with Crippen molar-refractivity contribution in [2.75, 3.05) is 6.61 Å². The maximum atomic E-state index is 12.9. The molecule has 1 aromatic heterocycles. The predicted molar refractivity (Wildman–Crippen MR) is 110 cm³/mol. The van der Waals surface area contributed by atoms with E-state index in [4.69, 9.17) is 13.9 Å². The van der Waals surface area contributed by atoms with Gasteiger partial charge >= 0.3 is 0 Å². The molecule has 0 spiro atoms. The van der Waals surface area contributed by atoms with E-state index >= 15 is 0 Å². The van der Waals surface area contributed by atoms with Crippen LogP contribution in [-0.2, 0) is 4.74 Å². The summed E-state index contributed by atoms with van der Waals surface area (Å²) in [5, 5.41) is 39.4. The lowest BCUT2D eigenvalue weighted by molar-refractivity contribution is -0.277. The van der Waals surface area contributed by atoms with Gasteiger partial charge in [0.1, 0.15) is 42.0 Å². The van der Waals surface area contributed by atoms with E-state index in [2.05, 4.69) is 15.9 Å². The van der Waals surface area contributed by atoms with Gasteiger partial charge in [-0.2, -0.15) is 0 Å². The van der Waals surface area contributed by atoms with Gasteiger partial charge in [0, 0.05) is 10.5 Å². The average Bonchev–Trinajstić information content (AvgIpc) is 2.75. The molecule has 158 valence electrons. The highest BCUT2D eigenvalue weighted by Crippen LogP contribution is 2.27. The van der Waals surface area contributed by atoms with Crippen LogP contribution in [0, 0.1) is 0 Å². The molecule has 2 aromatic carbocycles. The van der Waals surface area contributed by atoms with Crippen molar-refractivity contribution in [2.24, 2.45) is 0 Å². The van der Waals surface area contributed by atoms with Gasteiger partial charge in [0.25, 0.3) is 0 Å². The maximum Gasteiger partial charge on any atom is 0.229 e. The molecule has 2 heterocycles. The topological polar surface area (TPSA) is 130 Å². The molecule has 0 amide bonds. The van der Waals surface area contributed by atoms with Gasteiger partial charge in [0.05, 0.1) is 17.6 Å². The van der Waals surface area contributed by atoms with E-state index in [1.165, 1.54) is 24.5 Å². The number of halogens is 1. The fourth-order valence-electron chi connectivity index (χ4n) is 3.31. The summed E-state index contributed by atoms with van der Waals surface area (Å²) in [6.45, 7) is -0.559. The quantitative estimate of drug-likeness (QED) is 0.442. The van der Waals surface area contributed by atoms with Crippen molar-refractivity contribution >= 4 is 26.9 Å². The van der Waals surface area contributed by atoms with Crippen LogP contribution in [0.1, 0.15) is 0 Å². The van der Waals surface area contributed by atoms with Gasteiger partial charge in [-0.3, -0.25) is 4.79 Å². The van der Waals surface area contributed by atoms with Crippen LogP contribution >= 0.6 is 15.9 Å². The molecule has 0 unspecified atom stereocenters. The molecule has 0 radical (unpaired) electrons. The molecule has 1 saturated heterocycles. The zero-order valence-corrected chi connectivity index (χ0v) is 17.1. The molecule has 9 heteroatoms. The molecule has 8 nitrogen and oxygen atoms in total. The lowest BCUT2D eigenvalue weighted by atomic mass is 9.99. The Labute approximate surface area is 179 Å². The normalized spacial score (nSPS) is 26.6.